The van der Waals surface area contributed by atoms with Crippen molar-refractivity contribution in [3.05, 3.63) is 82.4 Å². The fraction of sp³-hybridized carbons (Fsp3) is 0.472. The van der Waals surface area contributed by atoms with Gasteiger partial charge in [0.25, 0.3) is 20.2 Å². The molecule has 12 nitrogen and oxygen atoms in total. The number of benzene rings is 2. The molecule has 0 amide bonds. The zero-order chi connectivity index (χ0) is 37.0. The molecule has 0 bridgehead atoms. The molecule has 0 fully saturated rings. The highest BCUT2D eigenvalue weighted by Crippen LogP contribution is 2.52. The van der Waals surface area contributed by atoms with E-state index in [2.05, 4.69) is 11.8 Å². The molecule has 1 aliphatic carbocycles. The summed E-state index contributed by atoms with van der Waals surface area (Å²) in [7, 11) is -8.92. The van der Waals surface area contributed by atoms with Gasteiger partial charge in [0.1, 0.15) is 5.76 Å². The number of aliphatic hydroxyl groups is 2. The summed E-state index contributed by atoms with van der Waals surface area (Å²) in [6, 6.07) is 8.88. The first kappa shape index (κ1) is 37.6. The van der Waals surface area contributed by atoms with Gasteiger partial charge in [-0.15, -0.1) is 0 Å². The van der Waals surface area contributed by atoms with E-state index in [1.54, 1.807) is 18.2 Å². The molecule has 272 valence electrons. The van der Waals surface area contributed by atoms with Crippen molar-refractivity contribution in [3.8, 4) is 0 Å². The van der Waals surface area contributed by atoms with Gasteiger partial charge in [0.15, 0.2) is 0 Å². The lowest BCUT2D eigenvalue weighted by Crippen LogP contribution is -2.38. The number of carboxylic acids is 1. The van der Waals surface area contributed by atoms with E-state index in [1.807, 2.05) is 38.7 Å². The highest BCUT2D eigenvalue weighted by Gasteiger charge is 2.46. The van der Waals surface area contributed by atoms with Gasteiger partial charge in [-0.25, -0.2) is 0 Å². The number of carboxylic acid groups (broad SMARTS) is 1. The monoisotopic (exact) mass is 730 g/mol. The number of hydrogen-bond acceptors (Lipinski definition) is 9. The molecule has 0 saturated heterocycles. The third-order valence-electron chi connectivity index (χ3n) is 10.2. The van der Waals surface area contributed by atoms with E-state index in [0.717, 1.165) is 24.2 Å². The van der Waals surface area contributed by atoms with Crippen molar-refractivity contribution in [2.24, 2.45) is 5.92 Å². The summed E-state index contributed by atoms with van der Waals surface area (Å²) in [5.41, 5.74) is 3.08. The van der Waals surface area contributed by atoms with Crippen molar-refractivity contribution in [1.82, 2.24) is 0 Å². The smallest absolute Gasteiger partial charge is 0.303 e. The summed E-state index contributed by atoms with van der Waals surface area (Å²) in [4.78, 5) is 14.6. The minimum atomic E-state index is -4.48. The number of rotatable bonds is 13. The zero-order valence-electron chi connectivity index (χ0n) is 28.9. The first-order valence-corrected chi connectivity index (χ1v) is 19.7. The molecule has 3 aliphatic rings. The summed E-state index contributed by atoms with van der Waals surface area (Å²) < 4.78 is 67.5. The quantitative estimate of drug-likeness (QED) is 0.118. The fourth-order valence-corrected chi connectivity index (χ4v) is 8.36. The Bertz CT molecular complexity index is 2010. The summed E-state index contributed by atoms with van der Waals surface area (Å²) in [5, 5.41) is 32.1. The standard InChI is InChI=1S/C36H46N2O10S2/c1-6-7-16-37-28-14-12-22(49(43,44)45)18-26(28)35(2,3)30(37)20-24-33(41)25(34(24)42)21-31-36(4,5)27-19-23(50(46,47)48)13-15-29(27)38(31)17-10-8-9-11-32(39)40/h12-15,18-21,24,33,41-42H,6-11,16-17H2,1-5H3,(H,39,40)(H,43,44,45)(H,46,47,48)/b30-20-,31-21+. The highest BCUT2D eigenvalue weighted by atomic mass is 32.2. The summed E-state index contributed by atoms with van der Waals surface area (Å²) in [6.07, 6.45) is 5.99. The summed E-state index contributed by atoms with van der Waals surface area (Å²) >= 11 is 0. The molecule has 2 heterocycles. The Kier molecular flexibility index (Phi) is 10.1. The normalized spacial score (nSPS) is 22.6. The number of fused-ring (bicyclic) bond motifs is 2. The molecular weight excluding hydrogens is 685 g/mol. The van der Waals surface area contributed by atoms with Crippen molar-refractivity contribution < 1.29 is 46.1 Å². The van der Waals surface area contributed by atoms with Gasteiger partial charge < -0.3 is 25.1 Å². The molecule has 2 aliphatic heterocycles. The molecule has 2 aromatic carbocycles. The van der Waals surface area contributed by atoms with Crippen LogP contribution in [-0.4, -0.2) is 66.4 Å². The van der Waals surface area contributed by atoms with Gasteiger partial charge in [-0.3, -0.25) is 13.9 Å². The van der Waals surface area contributed by atoms with E-state index >= 15 is 0 Å². The number of allylic oxidation sites excluding steroid dienone is 2. The number of unbranched alkanes of at least 4 members (excludes halogenated alkanes) is 3. The van der Waals surface area contributed by atoms with Crippen molar-refractivity contribution in [1.29, 1.82) is 0 Å². The van der Waals surface area contributed by atoms with E-state index in [0.29, 0.717) is 60.4 Å². The number of aliphatic carboxylic acids is 1. The average Bonchev–Trinajstić information content (AvgIpc) is 3.37. The van der Waals surface area contributed by atoms with Crippen LogP contribution in [0.4, 0.5) is 11.4 Å². The van der Waals surface area contributed by atoms with Crippen molar-refractivity contribution in [2.45, 2.75) is 99.9 Å². The van der Waals surface area contributed by atoms with Crippen LogP contribution in [0.25, 0.3) is 0 Å². The van der Waals surface area contributed by atoms with Crippen LogP contribution in [0.1, 0.15) is 84.3 Å². The minimum absolute atomic E-state index is 0.0369. The SMILES string of the molecule is CCCCN1/C(=C\C2C(O)=C(/C=C3/N(CCCCCC(=O)O)c4ccc(S(=O)(=O)O)cc4C3(C)C)C2O)C(C)(C)c2cc(S(=O)(=O)O)ccc21. The average molecular weight is 731 g/mol. The molecule has 0 aromatic heterocycles. The van der Waals surface area contributed by atoms with Crippen LogP contribution < -0.4 is 9.80 Å². The van der Waals surface area contributed by atoms with E-state index in [4.69, 9.17) is 5.11 Å². The number of anilines is 2. The summed E-state index contributed by atoms with van der Waals surface area (Å²) in [5.74, 6) is -1.67. The summed E-state index contributed by atoms with van der Waals surface area (Å²) in [6.45, 7) is 10.8. The van der Waals surface area contributed by atoms with Crippen LogP contribution in [-0.2, 0) is 35.9 Å². The molecule has 5 N–H and O–H groups in total. The van der Waals surface area contributed by atoms with Crippen LogP contribution in [0.5, 0.6) is 0 Å². The van der Waals surface area contributed by atoms with Crippen molar-refractivity contribution in [3.63, 3.8) is 0 Å². The molecule has 5 rings (SSSR count). The van der Waals surface area contributed by atoms with Gasteiger partial charge in [0.2, 0.25) is 0 Å². The third-order valence-corrected chi connectivity index (χ3v) is 11.9. The van der Waals surface area contributed by atoms with Gasteiger partial charge in [-0.05, 0) is 72.9 Å². The first-order chi connectivity index (χ1) is 23.2. The fourth-order valence-electron chi connectivity index (χ4n) is 7.35. The molecule has 0 radical (unpaired) electrons. The molecule has 0 saturated carbocycles. The molecule has 2 aromatic rings. The highest BCUT2D eigenvalue weighted by molar-refractivity contribution is 7.86. The van der Waals surface area contributed by atoms with Gasteiger partial charge >= 0.3 is 5.97 Å². The molecular formula is C36H46N2O10S2. The Morgan fingerprint density at radius 2 is 1.30 bits per heavy atom. The van der Waals surface area contributed by atoms with Crippen molar-refractivity contribution >= 4 is 37.6 Å². The van der Waals surface area contributed by atoms with E-state index in [1.165, 1.54) is 24.3 Å². The first-order valence-electron chi connectivity index (χ1n) is 16.8. The lowest BCUT2D eigenvalue weighted by molar-refractivity contribution is -0.137. The van der Waals surface area contributed by atoms with Crippen LogP contribution in [0.2, 0.25) is 0 Å². The predicted molar refractivity (Wildman–Crippen MR) is 190 cm³/mol. The Morgan fingerprint density at radius 1 is 0.800 bits per heavy atom. The third kappa shape index (κ3) is 6.83. The Labute approximate surface area is 293 Å². The largest absolute Gasteiger partial charge is 0.511 e. The van der Waals surface area contributed by atoms with Gasteiger partial charge in [-0.2, -0.15) is 16.8 Å². The van der Waals surface area contributed by atoms with Crippen LogP contribution in [0, 0.1) is 5.92 Å². The van der Waals surface area contributed by atoms with Gasteiger partial charge in [0.05, 0.1) is 21.8 Å². The second kappa shape index (κ2) is 13.5. The second-order valence-corrected chi connectivity index (χ2v) is 17.2. The van der Waals surface area contributed by atoms with Crippen LogP contribution in [0.3, 0.4) is 0 Å². The van der Waals surface area contributed by atoms with Gasteiger partial charge in [-0.1, -0.05) is 53.5 Å². The van der Waals surface area contributed by atoms with Gasteiger partial charge in [0, 0.05) is 58.7 Å². The molecule has 2 unspecified atom stereocenters. The maximum atomic E-state index is 12.0. The molecule has 0 spiro atoms. The lowest BCUT2D eigenvalue weighted by atomic mass is 9.75. The maximum Gasteiger partial charge on any atom is 0.303 e. The predicted octanol–water partition coefficient (Wildman–Crippen LogP) is 6.09. The van der Waals surface area contributed by atoms with Crippen LogP contribution >= 0.6 is 0 Å². The van der Waals surface area contributed by atoms with E-state index < -0.39 is 49.1 Å². The number of carbonyl (C=O) groups is 1. The molecule has 2 atom stereocenters. The Balaban J connectivity index is 1.53. The van der Waals surface area contributed by atoms with E-state index in [9.17, 15) is 40.9 Å². The number of hydrogen-bond donors (Lipinski definition) is 5. The second-order valence-electron chi connectivity index (χ2n) is 14.3. The number of nitrogens with zero attached hydrogens (tertiary/aromatic N) is 2. The number of aliphatic hydroxyl groups excluding tert-OH is 2. The molecule has 14 heteroatoms. The maximum absolute atomic E-state index is 12.0. The Hall–Kier alpha value is -3.69. The van der Waals surface area contributed by atoms with Crippen LogP contribution in [0.15, 0.2) is 81.1 Å². The zero-order valence-corrected chi connectivity index (χ0v) is 30.6. The van der Waals surface area contributed by atoms with E-state index in [-0.39, 0.29) is 22.0 Å². The lowest BCUT2D eigenvalue weighted by Gasteiger charge is -2.37. The Morgan fingerprint density at radius 3 is 1.78 bits per heavy atom. The topological polar surface area (TPSA) is 193 Å². The van der Waals surface area contributed by atoms with Crippen molar-refractivity contribution in [2.75, 3.05) is 22.9 Å². The minimum Gasteiger partial charge on any atom is -0.511 e. The molecule has 50 heavy (non-hydrogen) atoms.